The Morgan fingerprint density at radius 2 is 2.07 bits per heavy atom. The average molecular weight is 425 g/mol. The molecule has 2 rings (SSSR count). The van der Waals surface area contributed by atoms with E-state index in [-0.39, 0.29) is 11.1 Å². The molecule has 0 unspecified atom stereocenters. The molecule has 0 aliphatic rings. The highest BCUT2D eigenvalue weighted by atomic mass is 127. The summed E-state index contributed by atoms with van der Waals surface area (Å²) in [4.78, 5) is 7.81. The third-order valence-electron chi connectivity index (χ3n) is 1.88. The second-order valence-electron chi connectivity index (χ2n) is 2.72. The van der Waals surface area contributed by atoms with Crippen molar-refractivity contribution in [2.45, 2.75) is 0 Å². The van der Waals surface area contributed by atoms with Crippen LogP contribution in [-0.4, -0.2) is 9.97 Å². The van der Waals surface area contributed by atoms with Gasteiger partial charge in [-0.3, -0.25) is 0 Å². The third kappa shape index (κ3) is 1.78. The van der Waals surface area contributed by atoms with Crippen molar-refractivity contribution in [1.82, 2.24) is 9.97 Å². The van der Waals surface area contributed by atoms with Crippen LogP contribution in [-0.2, 0) is 0 Å². The Balaban J connectivity index is 2.99. The van der Waals surface area contributed by atoms with Crippen LogP contribution in [0.3, 0.4) is 0 Å². The lowest BCUT2D eigenvalue weighted by atomic mass is 10.1. The topological polar surface area (TPSA) is 49.6 Å². The molecule has 0 N–H and O–H groups in total. The minimum Gasteiger partial charge on any atom is -0.233 e. The molecule has 0 atom stereocenters. The molecular weight excluding hydrogens is 423 g/mol. The normalized spacial score (nSPS) is 10.3. The average Bonchev–Trinajstić information content (AvgIpc) is 2.20. The first-order valence-electron chi connectivity index (χ1n) is 3.83. The number of hydrogen-bond donors (Lipinski definition) is 0. The lowest BCUT2D eigenvalue weighted by Gasteiger charge is -2.03. The maximum Gasteiger partial charge on any atom is 0.168 e. The zero-order valence-electron chi connectivity index (χ0n) is 7.13. The second kappa shape index (κ2) is 4.13. The van der Waals surface area contributed by atoms with Crippen molar-refractivity contribution in [3.8, 4) is 6.07 Å². The van der Waals surface area contributed by atoms with E-state index < -0.39 is 5.82 Å². The number of hydrogen-bond acceptors (Lipinski definition) is 3. The number of nitrogens with zero attached hydrogens (tertiary/aromatic N) is 3. The van der Waals surface area contributed by atoms with Crippen LogP contribution in [0, 0.1) is 24.4 Å². The smallest absolute Gasteiger partial charge is 0.168 e. The highest BCUT2D eigenvalue weighted by molar-refractivity contribution is 14.1. The molecular formula is C9H2FI2N3. The number of halogens is 3. The molecule has 0 spiro atoms. The Labute approximate surface area is 112 Å². The summed E-state index contributed by atoms with van der Waals surface area (Å²) in [5.74, 6) is -0.570. The van der Waals surface area contributed by atoms with Gasteiger partial charge in [-0.05, 0) is 51.2 Å². The van der Waals surface area contributed by atoms with Gasteiger partial charge in [0.15, 0.2) is 5.82 Å². The number of nitriles is 1. The first-order chi connectivity index (χ1) is 7.15. The van der Waals surface area contributed by atoms with Crippen LogP contribution < -0.4 is 0 Å². The first kappa shape index (κ1) is 10.9. The molecule has 0 bridgehead atoms. The molecule has 1 aromatic carbocycles. The summed E-state index contributed by atoms with van der Waals surface area (Å²) in [6, 6.07) is 3.55. The Kier molecular flexibility index (Phi) is 3.01. The van der Waals surface area contributed by atoms with Gasteiger partial charge in [0.05, 0.1) is 0 Å². The van der Waals surface area contributed by atoms with E-state index in [1.54, 1.807) is 6.07 Å². The fourth-order valence-corrected chi connectivity index (χ4v) is 2.41. The molecule has 0 amide bonds. The van der Waals surface area contributed by atoms with Crippen molar-refractivity contribution in [3.63, 3.8) is 0 Å². The Morgan fingerprint density at radius 3 is 2.73 bits per heavy atom. The number of rotatable bonds is 0. The van der Waals surface area contributed by atoms with E-state index in [1.807, 2.05) is 51.3 Å². The van der Waals surface area contributed by atoms with Gasteiger partial charge in [-0.25, -0.2) is 14.4 Å². The summed E-state index contributed by atoms with van der Waals surface area (Å²) in [6.07, 6.45) is 1.29. The van der Waals surface area contributed by atoms with Gasteiger partial charge in [-0.1, -0.05) is 0 Å². The summed E-state index contributed by atoms with van der Waals surface area (Å²) >= 11 is 3.94. The van der Waals surface area contributed by atoms with Gasteiger partial charge < -0.3 is 0 Å². The fraction of sp³-hybridized carbons (Fsp3) is 0. The van der Waals surface area contributed by atoms with Crippen molar-refractivity contribution in [2.24, 2.45) is 0 Å². The molecule has 3 nitrogen and oxygen atoms in total. The summed E-state index contributed by atoms with van der Waals surface area (Å²) in [6.45, 7) is 0. The maximum atomic E-state index is 13.8. The molecule has 6 heteroatoms. The van der Waals surface area contributed by atoms with Crippen molar-refractivity contribution in [3.05, 3.63) is 31.0 Å². The van der Waals surface area contributed by atoms with Gasteiger partial charge in [0.1, 0.15) is 27.2 Å². The van der Waals surface area contributed by atoms with Crippen molar-refractivity contribution >= 4 is 56.1 Å². The van der Waals surface area contributed by atoms with Crippen molar-refractivity contribution < 1.29 is 4.39 Å². The van der Waals surface area contributed by atoms with Crippen LogP contribution in [0.15, 0.2) is 12.4 Å². The standard InChI is InChI=1S/C9H2FI2N3/c10-7-5(2-13)6(11)1-4-8(7)14-3-15-9(4)12/h1,3H. The molecule has 0 aliphatic carbocycles. The molecule has 0 radical (unpaired) electrons. The molecule has 0 saturated heterocycles. The molecule has 15 heavy (non-hydrogen) atoms. The van der Waals surface area contributed by atoms with E-state index in [0.29, 0.717) is 12.7 Å². The van der Waals surface area contributed by atoms with Gasteiger partial charge in [0.2, 0.25) is 0 Å². The monoisotopic (exact) mass is 425 g/mol. The maximum absolute atomic E-state index is 13.8. The molecule has 0 fully saturated rings. The number of fused-ring (bicyclic) bond motifs is 1. The summed E-state index contributed by atoms with van der Waals surface area (Å²) in [5, 5.41) is 9.43. The van der Waals surface area contributed by atoms with Crippen molar-refractivity contribution in [1.29, 1.82) is 5.26 Å². The SMILES string of the molecule is N#Cc1c(I)cc2c(I)ncnc2c1F. The number of benzene rings is 1. The molecule has 2 aromatic rings. The number of aromatic nitrogens is 2. The zero-order chi connectivity index (χ0) is 11.0. The van der Waals surface area contributed by atoms with Crippen LogP contribution in [0.25, 0.3) is 10.9 Å². The zero-order valence-corrected chi connectivity index (χ0v) is 11.4. The van der Waals surface area contributed by atoms with E-state index in [2.05, 4.69) is 9.97 Å². The van der Waals surface area contributed by atoms with Gasteiger partial charge in [-0.15, -0.1) is 0 Å². The molecule has 74 valence electrons. The first-order valence-corrected chi connectivity index (χ1v) is 5.99. The van der Waals surface area contributed by atoms with Crippen LogP contribution in [0.1, 0.15) is 5.56 Å². The largest absolute Gasteiger partial charge is 0.233 e. The van der Waals surface area contributed by atoms with Crippen LogP contribution in [0.2, 0.25) is 0 Å². The van der Waals surface area contributed by atoms with Crippen molar-refractivity contribution in [2.75, 3.05) is 0 Å². The molecule has 1 heterocycles. The summed E-state index contributed by atoms with van der Waals surface area (Å²) in [7, 11) is 0. The predicted molar refractivity (Wildman–Crippen MR) is 69.6 cm³/mol. The van der Waals surface area contributed by atoms with Gasteiger partial charge in [0, 0.05) is 8.96 Å². The Bertz CT molecular complexity index is 592. The van der Waals surface area contributed by atoms with Crippen LogP contribution in [0.4, 0.5) is 4.39 Å². The van der Waals surface area contributed by atoms with Gasteiger partial charge in [0.25, 0.3) is 0 Å². The summed E-state index contributed by atoms with van der Waals surface area (Å²) in [5.41, 5.74) is 0.240. The molecule has 1 aromatic heterocycles. The minimum atomic E-state index is -0.570. The van der Waals surface area contributed by atoms with Crippen LogP contribution in [0.5, 0.6) is 0 Å². The van der Waals surface area contributed by atoms with E-state index in [9.17, 15) is 4.39 Å². The van der Waals surface area contributed by atoms with E-state index in [4.69, 9.17) is 5.26 Å². The molecule has 0 aliphatic heterocycles. The van der Waals surface area contributed by atoms with E-state index in [1.165, 1.54) is 6.33 Å². The summed E-state index contributed by atoms with van der Waals surface area (Å²) < 4.78 is 15.0. The Hall–Kier alpha value is -0.560. The quantitative estimate of drug-likeness (QED) is 0.482. The molecule has 0 saturated carbocycles. The highest BCUT2D eigenvalue weighted by Gasteiger charge is 2.14. The lowest BCUT2D eigenvalue weighted by molar-refractivity contribution is 0.631. The second-order valence-corrected chi connectivity index (χ2v) is 4.90. The Morgan fingerprint density at radius 1 is 1.33 bits per heavy atom. The van der Waals surface area contributed by atoms with Gasteiger partial charge >= 0.3 is 0 Å². The predicted octanol–water partition coefficient (Wildman–Crippen LogP) is 2.85. The lowest BCUT2D eigenvalue weighted by Crippen LogP contribution is -1.96. The van der Waals surface area contributed by atoms with E-state index >= 15 is 0 Å². The van der Waals surface area contributed by atoms with E-state index in [0.717, 1.165) is 0 Å². The fourth-order valence-electron chi connectivity index (χ4n) is 1.20. The highest BCUT2D eigenvalue weighted by Crippen LogP contribution is 2.25. The third-order valence-corrected chi connectivity index (χ3v) is 3.59. The van der Waals surface area contributed by atoms with Gasteiger partial charge in [-0.2, -0.15) is 5.26 Å². The minimum absolute atomic E-state index is 0.0394. The van der Waals surface area contributed by atoms with Crippen LogP contribution >= 0.6 is 45.2 Å².